The zero-order valence-corrected chi connectivity index (χ0v) is 11.6. The van der Waals surface area contributed by atoms with Crippen molar-refractivity contribution in [3.05, 3.63) is 36.5 Å². The van der Waals surface area contributed by atoms with E-state index in [1.165, 1.54) is 29.4 Å². The number of rotatable bonds is 4. The lowest BCUT2D eigenvalue weighted by Crippen LogP contribution is -2.26. The maximum absolute atomic E-state index is 6.07. The molecule has 2 aromatic rings. The fraction of sp³-hybridized carbons (Fsp3) is 0.412. The van der Waals surface area contributed by atoms with E-state index in [1.807, 2.05) is 0 Å². The molecule has 0 atom stereocenters. The zero-order valence-electron chi connectivity index (χ0n) is 11.6. The Hall–Kier alpha value is -1.90. The number of hydrogen-bond acceptors (Lipinski definition) is 2. The molecule has 104 valence electrons. The van der Waals surface area contributed by atoms with Crippen molar-refractivity contribution in [2.45, 2.75) is 19.3 Å². The third-order valence-corrected chi connectivity index (χ3v) is 4.22. The van der Waals surface area contributed by atoms with Crippen LogP contribution in [-0.2, 0) is 0 Å². The molecule has 20 heavy (non-hydrogen) atoms. The standard InChI is InChI=1S/C17H20N2O/c1-2-9-19(10-3-1)15-11-18-14-5-4-6-16(17(14)15)20-12-13-7-8-13/h1-2,4-6,11,13,18H,3,7-10,12H2. The molecule has 3 nitrogen and oxygen atoms in total. The monoisotopic (exact) mass is 268 g/mol. The van der Waals surface area contributed by atoms with Gasteiger partial charge in [-0.2, -0.15) is 0 Å². The predicted molar refractivity (Wildman–Crippen MR) is 82.5 cm³/mol. The van der Waals surface area contributed by atoms with Gasteiger partial charge in [-0.1, -0.05) is 18.2 Å². The average molecular weight is 268 g/mol. The van der Waals surface area contributed by atoms with Gasteiger partial charge in [0.2, 0.25) is 0 Å². The smallest absolute Gasteiger partial charge is 0.130 e. The lowest BCUT2D eigenvalue weighted by Gasteiger charge is -2.25. The van der Waals surface area contributed by atoms with Gasteiger partial charge < -0.3 is 14.6 Å². The molecule has 2 heterocycles. The van der Waals surface area contributed by atoms with Crippen LogP contribution in [0.2, 0.25) is 0 Å². The highest BCUT2D eigenvalue weighted by Crippen LogP contribution is 2.37. The Bertz CT molecular complexity index is 639. The highest BCUT2D eigenvalue weighted by molar-refractivity contribution is 5.98. The van der Waals surface area contributed by atoms with Gasteiger partial charge >= 0.3 is 0 Å². The maximum atomic E-state index is 6.07. The fourth-order valence-electron chi connectivity index (χ4n) is 2.86. The third kappa shape index (κ3) is 2.17. The minimum absolute atomic E-state index is 0.783. The number of ether oxygens (including phenoxy) is 1. The van der Waals surface area contributed by atoms with Gasteiger partial charge in [-0.15, -0.1) is 0 Å². The molecular formula is C17H20N2O. The first-order chi connectivity index (χ1) is 9.92. The number of H-pyrrole nitrogens is 1. The van der Waals surface area contributed by atoms with Crippen molar-refractivity contribution < 1.29 is 4.74 Å². The summed E-state index contributed by atoms with van der Waals surface area (Å²) in [7, 11) is 0. The predicted octanol–water partition coefficient (Wildman–Crippen LogP) is 3.72. The Morgan fingerprint density at radius 1 is 1.25 bits per heavy atom. The quantitative estimate of drug-likeness (QED) is 0.856. The van der Waals surface area contributed by atoms with Gasteiger partial charge in [0.05, 0.1) is 23.2 Å². The number of fused-ring (bicyclic) bond motifs is 1. The van der Waals surface area contributed by atoms with Crippen molar-refractivity contribution in [1.82, 2.24) is 4.98 Å². The summed E-state index contributed by atoms with van der Waals surface area (Å²) < 4.78 is 6.07. The summed E-state index contributed by atoms with van der Waals surface area (Å²) >= 11 is 0. The van der Waals surface area contributed by atoms with E-state index in [0.29, 0.717) is 0 Å². The highest BCUT2D eigenvalue weighted by Gasteiger charge is 2.23. The molecular weight excluding hydrogens is 248 g/mol. The highest BCUT2D eigenvalue weighted by atomic mass is 16.5. The number of hydrogen-bond donors (Lipinski definition) is 1. The summed E-state index contributed by atoms with van der Waals surface area (Å²) in [6.45, 7) is 2.94. The number of aromatic amines is 1. The van der Waals surface area contributed by atoms with Crippen molar-refractivity contribution in [1.29, 1.82) is 0 Å². The van der Waals surface area contributed by atoms with Crippen LogP contribution >= 0.6 is 0 Å². The molecule has 0 saturated heterocycles. The molecule has 0 amide bonds. The minimum atomic E-state index is 0.783. The van der Waals surface area contributed by atoms with Gasteiger partial charge in [-0.25, -0.2) is 0 Å². The summed E-state index contributed by atoms with van der Waals surface area (Å²) in [6, 6.07) is 6.30. The van der Waals surface area contributed by atoms with Crippen LogP contribution in [-0.4, -0.2) is 24.7 Å². The van der Waals surface area contributed by atoms with Gasteiger partial charge in [-0.05, 0) is 37.3 Å². The Labute approximate surface area is 119 Å². The Morgan fingerprint density at radius 2 is 2.20 bits per heavy atom. The molecule has 1 saturated carbocycles. The van der Waals surface area contributed by atoms with E-state index in [1.54, 1.807) is 0 Å². The van der Waals surface area contributed by atoms with Crippen LogP contribution < -0.4 is 9.64 Å². The lowest BCUT2D eigenvalue weighted by molar-refractivity contribution is 0.303. The normalized spacial score (nSPS) is 18.7. The molecule has 1 N–H and O–H groups in total. The SMILES string of the molecule is C1=CCN(c2c[nH]c3cccc(OCC4CC4)c23)CC1. The zero-order chi connectivity index (χ0) is 13.4. The van der Waals surface area contributed by atoms with Gasteiger partial charge in [0.15, 0.2) is 0 Å². The first-order valence-corrected chi connectivity index (χ1v) is 7.54. The molecule has 1 aliphatic carbocycles. The van der Waals surface area contributed by atoms with Crippen LogP contribution in [0, 0.1) is 5.92 Å². The molecule has 4 rings (SSSR count). The number of nitrogens with zero attached hydrogens (tertiary/aromatic N) is 1. The molecule has 0 unspecified atom stereocenters. The topological polar surface area (TPSA) is 28.3 Å². The average Bonchev–Trinajstić information content (AvgIpc) is 3.23. The van der Waals surface area contributed by atoms with Crippen LogP contribution in [0.1, 0.15) is 19.3 Å². The molecule has 1 fully saturated rings. The second-order valence-electron chi connectivity index (χ2n) is 5.81. The van der Waals surface area contributed by atoms with Crippen molar-refractivity contribution in [3.63, 3.8) is 0 Å². The number of anilines is 1. The van der Waals surface area contributed by atoms with Gasteiger partial charge in [-0.3, -0.25) is 0 Å². The lowest BCUT2D eigenvalue weighted by atomic mass is 10.1. The molecule has 0 bridgehead atoms. The summed E-state index contributed by atoms with van der Waals surface area (Å²) in [5.74, 6) is 1.81. The number of nitrogens with one attached hydrogen (secondary N) is 1. The first kappa shape index (κ1) is 11.9. The van der Waals surface area contributed by atoms with Crippen LogP contribution in [0.5, 0.6) is 5.75 Å². The van der Waals surface area contributed by atoms with E-state index in [-0.39, 0.29) is 0 Å². The summed E-state index contributed by atoms with van der Waals surface area (Å²) in [4.78, 5) is 5.80. The van der Waals surface area contributed by atoms with E-state index in [0.717, 1.165) is 37.8 Å². The van der Waals surface area contributed by atoms with Crippen molar-refractivity contribution >= 4 is 16.6 Å². The van der Waals surface area contributed by atoms with Gasteiger partial charge in [0.25, 0.3) is 0 Å². The largest absolute Gasteiger partial charge is 0.493 e. The molecule has 0 radical (unpaired) electrons. The van der Waals surface area contributed by atoms with Crippen LogP contribution in [0.25, 0.3) is 10.9 Å². The fourth-order valence-corrected chi connectivity index (χ4v) is 2.86. The summed E-state index contributed by atoms with van der Waals surface area (Å²) in [5, 5.41) is 1.24. The Morgan fingerprint density at radius 3 is 3.00 bits per heavy atom. The van der Waals surface area contributed by atoms with Crippen LogP contribution in [0.15, 0.2) is 36.5 Å². The van der Waals surface area contributed by atoms with Crippen molar-refractivity contribution in [2.24, 2.45) is 5.92 Å². The maximum Gasteiger partial charge on any atom is 0.130 e. The molecule has 0 spiro atoms. The van der Waals surface area contributed by atoms with E-state index >= 15 is 0 Å². The van der Waals surface area contributed by atoms with Gasteiger partial charge in [0, 0.05) is 19.3 Å². The van der Waals surface area contributed by atoms with Crippen molar-refractivity contribution in [2.75, 3.05) is 24.6 Å². The first-order valence-electron chi connectivity index (χ1n) is 7.54. The number of benzene rings is 1. The number of aromatic nitrogens is 1. The molecule has 1 aliphatic heterocycles. The molecule has 1 aromatic carbocycles. The second kappa shape index (κ2) is 4.89. The van der Waals surface area contributed by atoms with E-state index in [4.69, 9.17) is 4.74 Å². The van der Waals surface area contributed by atoms with Gasteiger partial charge in [0.1, 0.15) is 5.75 Å². The van der Waals surface area contributed by atoms with E-state index in [2.05, 4.69) is 46.4 Å². The Balaban J connectivity index is 1.70. The minimum Gasteiger partial charge on any atom is -0.493 e. The van der Waals surface area contributed by atoms with Crippen LogP contribution in [0.4, 0.5) is 5.69 Å². The third-order valence-electron chi connectivity index (χ3n) is 4.22. The second-order valence-corrected chi connectivity index (χ2v) is 5.81. The molecule has 1 aromatic heterocycles. The molecule has 2 aliphatic rings. The van der Waals surface area contributed by atoms with Crippen LogP contribution in [0.3, 0.4) is 0 Å². The molecule has 3 heteroatoms. The summed E-state index contributed by atoms with van der Waals surface area (Å²) in [6.07, 6.45) is 10.4. The van der Waals surface area contributed by atoms with E-state index < -0.39 is 0 Å². The van der Waals surface area contributed by atoms with Crippen molar-refractivity contribution in [3.8, 4) is 5.75 Å². The Kier molecular flexibility index (Phi) is 2.91. The summed E-state index contributed by atoms with van der Waals surface area (Å²) in [5.41, 5.74) is 2.44. The van der Waals surface area contributed by atoms with E-state index in [9.17, 15) is 0 Å².